The Balaban J connectivity index is 1.57. The molecule has 1 heterocycles. The maximum atomic E-state index is 13.1. The van der Waals surface area contributed by atoms with Gasteiger partial charge in [0, 0.05) is 15.9 Å². The molecule has 3 aromatic rings. The third-order valence-electron chi connectivity index (χ3n) is 5.06. The molecular weight excluding hydrogens is 470 g/mol. The van der Waals surface area contributed by atoms with Gasteiger partial charge >= 0.3 is 6.03 Å². The number of ether oxygens (including phenoxy) is 1. The first kappa shape index (κ1) is 21.6. The summed E-state index contributed by atoms with van der Waals surface area (Å²) in [6.45, 7) is 2.15. The Morgan fingerprint density at radius 3 is 2.53 bits per heavy atom. The lowest BCUT2D eigenvalue weighted by atomic mass is 9.94. The summed E-state index contributed by atoms with van der Waals surface area (Å²) in [5.74, 6) is 0.363. The van der Waals surface area contributed by atoms with Crippen LogP contribution in [0.15, 0.2) is 94.6 Å². The third-order valence-corrected chi connectivity index (χ3v) is 5.58. The highest BCUT2D eigenvalue weighted by Crippen LogP contribution is 2.30. The van der Waals surface area contributed by atoms with E-state index in [2.05, 4.69) is 31.9 Å². The Bertz CT molecular complexity index is 1160. The fraction of sp³-hybridized carbons (Fsp3) is 0.120. The molecule has 1 unspecified atom stereocenters. The van der Waals surface area contributed by atoms with Gasteiger partial charge < -0.3 is 20.7 Å². The van der Waals surface area contributed by atoms with Crippen LogP contribution in [0.3, 0.4) is 0 Å². The summed E-state index contributed by atoms with van der Waals surface area (Å²) in [7, 11) is 0. The molecule has 0 fully saturated rings. The largest absolute Gasteiger partial charge is 0.489 e. The Kier molecular flexibility index (Phi) is 6.56. The number of hydrogen-bond donors (Lipinski definition) is 3. The summed E-state index contributed by atoms with van der Waals surface area (Å²) in [6, 6.07) is 23.6. The number of nitrogens with one attached hydrogen (secondary N) is 3. The van der Waals surface area contributed by atoms with Crippen LogP contribution in [0.5, 0.6) is 5.75 Å². The predicted molar refractivity (Wildman–Crippen MR) is 127 cm³/mol. The summed E-state index contributed by atoms with van der Waals surface area (Å²) >= 11 is 3.39. The van der Waals surface area contributed by atoms with Gasteiger partial charge in [0.2, 0.25) is 0 Å². The summed E-state index contributed by atoms with van der Waals surface area (Å²) in [4.78, 5) is 25.3. The highest BCUT2D eigenvalue weighted by atomic mass is 79.9. The number of amides is 3. The Labute approximate surface area is 194 Å². The van der Waals surface area contributed by atoms with Crippen molar-refractivity contribution < 1.29 is 14.3 Å². The summed E-state index contributed by atoms with van der Waals surface area (Å²) < 4.78 is 6.85. The van der Waals surface area contributed by atoms with Crippen LogP contribution in [0, 0.1) is 0 Å². The van der Waals surface area contributed by atoms with E-state index in [4.69, 9.17) is 4.74 Å². The van der Waals surface area contributed by atoms with Gasteiger partial charge in [-0.05, 0) is 54.4 Å². The third kappa shape index (κ3) is 5.18. The summed E-state index contributed by atoms with van der Waals surface area (Å²) in [6.07, 6.45) is 0. The van der Waals surface area contributed by atoms with E-state index in [9.17, 15) is 9.59 Å². The van der Waals surface area contributed by atoms with Gasteiger partial charge in [-0.25, -0.2) is 4.79 Å². The van der Waals surface area contributed by atoms with Gasteiger partial charge in [0.05, 0.1) is 11.6 Å². The number of benzene rings is 3. The second-order valence-electron chi connectivity index (χ2n) is 7.38. The monoisotopic (exact) mass is 491 g/mol. The molecule has 0 aliphatic carbocycles. The van der Waals surface area contributed by atoms with Crippen molar-refractivity contribution in [2.24, 2.45) is 0 Å². The van der Waals surface area contributed by atoms with Gasteiger partial charge in [-0.1, -0.05) is 58.4 Å². The van der Waals surface area contributed by atoms with E-state index in [1.807, 2.05) is 66.7 Å². The average molecular weight is 492 g/mol. The summed E-state index contributed by atoms with van der Waals surface area (Å²) in [5, 5.41) is 8.46. The van der Waals surface area contributed by atoms with Crippen molar-refractivity contribution in [1.82, 2.24) is 10.6 Å². The molecule has 0 radical (unpaired) electrons. The molecule has 3 N–H and O–H groups in total. The number of carbonyl (C=O) groups is 2. The molecule has 7 heteroatoms. The van der Waals surface area contributed by atoms with E-state index >= 15 is 0 Å². The van der Waals surface area contributed by atoms with Gasteiger partial charge in [0.1, 0.15) is 12.4 Å². The molecule has 6 nitrogen and oxygen atoms in total. The summed E-state index contributed by atoms with van der Waals surface area (Å²) in [5.41, 5.74) is 3.41. The fourth-order valence-electron chi connectivity index (χ4n) is 3.50. The van der Waals surface area contributed by atoms with Gasteiger partial charge in [0.25, 0.3) is 5.91 Å². The molecule has 4 rings (SSSR count). The second-order valence-corrected chi connectivity index (χ2v) is 8.29. The number of allylic oxidation sites excluding steroid dienone is 1. The smallest absolute Gasteiger partial charge is 0.319 e. The molecule has 162 valence electrons. The van der Waals surface area contributed by atoms with Crippen molar-refractivity contribution in [3.8, 4) is 5.75 Å². The minimum absolute atomic E-state index is 0.294. The minimum Gasteiger partial charge on any atom is -0.489 e. The number of anilines is 1. The standard InChI is InChI=1S/C25H22BrN3O3/c1-16-22(24(30)28-20-12-10-19(26)11-13-20)23(29-25(31)27-16)18-8-5-9-21(14-18)32-15-17-6-3-2-4-7-17/h2-14,23H,15H2,1H3,(H,28,30)(H2,27,29,31). The van der Waals surface area contributed by atoms with Crippen LogP contribution in [-0.2, 0) is 11.4 Å². The maximum absolute atomic E-state index is 13.1. The number of hydrogen-bond acceptors (Lipinski definition) is 3. The SMILES string of the molecule is CC1=C(C(=O)Nc2ccc(Br)cc2)C(c2cccc(OCc3ccccc3)c2)NC(=O)N1. The average Bonchev–Trinajstić information content (AvgIpc) is 2.79. The van der Waals surface area contributed by atoms with Crippen molar-refractivity contribution >= 4 is 33.6 Å². The first-order valence-corrected chi connectivity index (χ1v) is 10.9. The van der Waals surface area contributed by atoms with Gasteiger partial charge in [-0.2, -0.15) is 0 Å². The van der Waals surface area contributed by atoms with Crippen molar-refractivity contribution in [1.29, 1.82) is 0 Å². The van der Waals surface area contributed by atoms with Crippen molar-refractivity contribution in [3.05, 3.63) is 106 Å². The lowest BCUT2D eigenvalue weighted by Crippen LogP contribution is -2.45. The van der Waals surface area contributed by atoms with E-state index in [-0.39, 0.29) is 11.9 Å². The van der Waals surface area contributed by atoms with Crippen molar-refractivity contribution in [3.63, 3.8) is 0 Å². The van der Waals surface area contributed by atoms with Crippen LogP contribution in [0.1, 0.15) is 24.1 Å². The number of urea groups is 1. The normalized spacial score (nSPS) is 15.6. The van der Waals surface area contributed by atoms with Crippen LogP contribution < -0.4 is 20.7 Å². The topological polar surface area (TPSA) is 79.5 Å². The minimum atomic E-state index is -0.612. The lowest BCUT2D eigenvalue weighted by Gasteiger charge is -2.29. The maximum Gasteiger partial charge on any atom is 0.319 e. The molecular formula is C25H22BrN3O3. The van der Waals surface area contributed by atoms with E-state index in [0.717, 1.165) is 15.6 Å². The Hall–Kier alpha value is -3.58. The molecule has 0 saturated heterocycles. The van der Waals surface area contributed by atoms with E-state index in [1.54, 1.807) is 19.1 Å². The van der Waals surface area contributed by atoms with Crippen molar-refractivity contribution in [2.45, 2.75) is 19.6 Å². The molecule has 0 bridgehead atoms. The molecule has 0 aromatic heterocycles. The quantitative estimate of drug-likeness (QED) is 0.437. The highest BCUT2D eigenvalue weighted by Gasteiger charge is 2.31. The van der Waals surface area contributed by atoms with Gasteiger partial charge in [-0.3, -0.25) is 4.79 Å². The Morgan fingerprint density at radius 1 is 1.03 bits per heavy atom. The number of rotatable bonds is 6. The molecule has 1 aliphatic rings. The second kappa shape index (κ2) is 9.70. The van der Waals surface area contributed by atoms with Crippen LogP contribution in [0.4, 0.5) is 10.5 Å². The van der Waals surface area contributed by atoms with Gasteiger partial charge in [0.15, 0.2) is 0 Å². The fourth-order valence-corrected chi connectivity index (χ4v) is 3.77. The van der Waals surface area contributed by atoms with Crippen LogP contribution in [0.2, 0.25) is 0 Å². The lowest BCUT2D eigenvalue weighted by molar-refractivity contribution is -0.113. The van der Waals surface area contributed by atoms with Crippen molar-refractivity contribution in [2.75, 3.05) is 5.32 Å². The van der Waals surface area contributed by atoms with E-state index in [1.165, 1.54) is 0 Å². The molecule has 3 aromatic carbocycles. The molecule has 3 amide bonds. The van der Waals surface area contributed by atoms with E-state index in [0.29, 0.717) is 29.3 Å². The van der Waals surface area contributed by atoms with Crippen LogP contribution >= 0.6 is 15.9 Å². The molecule has 32 heavy (non-hydrogen) atoms. The molecule has 0 saturated carbocycles. The van der Waals surface area contributed by atoms with Gasteiger partial charge in [-0.15, -0.1) is 0 Å². The zero-order valence-corrected chi connectivity index (χ0v) is 19.0. The zero-order valence-electron chi connectivity index (χ0n) is 17.4. The molecule has 1 atom stereocenters. The van der Waals surface area contributed by atoms with E-state index < -0.39 is 6.04 Å². The number of carbonyl (C=O) groups excluding carboxylic acids is 2. The molecule has 0 spiro atoms. The van der Waals surface area contributed by atoms with Crippen LogP contribution in [-0.4, -0.2) is 11.9 Å². The highest BCUT2D eigenvalue weighted by molar-refractivity contribution is 9.10. The zero-order chi connectivity index (χ0) is 22.5. The Morgan fingerprint density at radius 2 is 1.78 bits per heavy atom. The first-order chi connectivity index (χ1) is 15.5. The first-order valence-electron chi connectivity index (χ1n) is 10.1. The van der Waals surface area contributed by atoms with Crippen LogP contribution in [0.25, 0.3) is 0 Å². The molecule has 1 aliphatic heterocycles. The number of halogens is 1. The predicted octanol–water partition coefficient (Wildman–Crippen LogP) is 5.29.